The third-order valence-electron chi connectivity index (χ3n) is 10.5. The van der Waals surface area contributed by atoms with E-state index in [1.54, 1.807) is 0 Å². The summed E-state index contributed by atoms with van der Waals surface area (Å²) in [6, 6.07) is 48.2. The van der Waals surface area contributed by atoms with Crippen molar-refractivity contribution >= 4 is 33.2 Å². The smallest absolute Gasteiger partial charge is 0.0998 e. The van der Waals surface area contributed by atoms with Crippen molar-refractivity contribution in [3.63, 3.8) is 0 Å². The zero-order valence-electron chi connectivity index (χ0n) is 30.0. The normalized spacial score (nSPS) is 13.0. The van der Waals surface area contributed by atoms with Crippen molar-refractivity contribution in [2.45, 2.75) is 33.1 Å². The number of anilines is 2. The first-order valence-electron chi connectivity index (χ1n) is 17.6. The molecule has 0 radical (unpaired) electrons. The minimum atomic E-state index is -0.215. The molecule has 4 heteroatoms. The summed E-state index contributed by atoms with van der Waals surface area (Å²) in [5.41, 5.74) is 12.3. The number of para-hydroxylation sites is 3. The van der Waals surface area contributed by atoms with Crippen LogP contribution in [0, 0.1) is 35.5 Å². The van der Waals surface area contributed by atoms with Gasteiger partial charge in [0, 0.05) is 38.7 Å². The fourth-order valence-electron chi connectivity index (χ4n) is 7.56. The molecule has 4 nitrogen and oxygen atoms in total. The van der Waals surface area contributed by atoms with E-state index in [1.165, 1.54) is 5.56 Å². The van der Waals surface area contributed by atoms with Crippen LogP contribution < -0.4 is 5.32 Å². The second-order valence-electron chi connectivity index (χ2n) is 13.6. The lowest BCUT2D eigenvalue weighted by Crippen LogP contribution is -2.27. The van der Waals surface area contributed by atoms with Crippen molar-refractivity contribution in [1.82, 2.24) is 4.57 Å². The molecule has 7 aromatic rings. The Morgan fingerprint density at radius 1 is 0.750 bits per heavy atom. The largest absolute Gasteiger partial charge is 0.355 e. The number of rotatable bonds is 9. The summed E-state index contributed by atoms with van der Waals surface area (Å²) in [7, 11) is 0. The molecule has 6 aromatic carbocycles. The van der Waals surface area contributed by atoms with Crippen molar-refractivity contribution in [3.05, 3.63) is 174 Å². The van der Waals surface area contributed by atoms with Crippen LogP contribution in [-0.4, -0.2) is 4.57 Å². The van der Waals surface area contributed by atoms with Crippen LogP contribution >= 0.6 is 0 Å². The first-order chi connectivity index (χ1) is 25.3. The van der Waals surface area contributed by atoms with E-state index in [2.05, 4.69) is 147 Å². The molecule has 1 N–H and O–H groups in total. The van der Waals surface area contributed by atoms with Crippen LogP contribution in [0.2, 0.25) is 0 Å². The summed E-state index contributed by atoms with van der Waals surface area (Å²) < 4.78 is 2.24. The summed E-state index contributed by atoms with van der Waals surface area (Å²) in [5.74, 6) is 0.237. The highest BCUT2D eigenvalue weighted by molar-refractivity contribution is 6.10. The zero-order valence-corrected chi connectivity index (χ0v) is 30.0. The summed E-state index contributed by atoms with van der Waals surface area (Å²) in [5, 5.41) is 26.0. The van der Waals surface area contributed by atoms with Gasteiger partial charge in [0.2, 0.25) is 0 Å². The molecule has 0 aliphatic heterocycles. The predicted octanol–water partition coefficient (Wildman–Crippen LogP) is 12.6. The molecule has 0 aliphatic carbocycles. The van der Waals surface area contributed by atoms with Gasteiger partial charge < -0.3 is 9.88 Å². The Labute approximate surface area is 306 Å². The standard InChI is InChI=1S/C48H40N4/c1-6-26-48(5,33(4)7-2)43-16-10-11-17-44(43)51-37-23-21-35(22-24-37)40-29-36(31-50)41(27-32(40)3)38-14-8-12-18-45(38)52-46-19-13-9-15-39(46)42-28-34(30-49)20-25-47(42)52/h6-29,33,51H,2H2,1,3-5H3/b26-6-. The van der Waals surface area contributed by atoms with E-state index in [4.69, 9.17) is 0 Å². The zero-order chi connectivity index (χ0) is 36.4. The van der Waals surface area contributed by atoms with E-state index in [0.717, 1.165) is 66.7 Å². The maximum atomic E-state index is 10.6. The molecule has 0 spiro atoms. The lowest BCUT2D eigenvalue weighted by Gasteiger charge is -2.33. The molecular formula is C48H40N4. The van der Waals surface area contributed by atoms with Gasteiger partial charge in [-0.05, 0) is 103 Å². The Balaban J connectivity index is 1.27. The van der Waals surface area contributed by atoms with Crippen molar-refractivity contribution in [3.8, 4) is 40.1 Å². The maximum absolute atomic E-state index is 10.6. The third-order valence-corrected chi connectivity index (χ3v) is 10.5. The number of nitrogens with zero attached hydrogens (tertiary/aromatic N) is 3. The SMILES string of the molecule is C=CC(C)C(C)(/C=C\C)c1ccccc1Nc1ccc(-c2cc(C#N)c(-c3ccccc3-n3c4ccccc4c4cc(C#N)ccc43)cc2C)cc1. The number of hydrogen-bond acceptors (Lipinski definition) is 3. The number of aromatic nitrogens is 1. The van der Waals surface area contributed by atoms with Gasteiger partial charge in [-0.15, -0.1) is 6.58 Å². The molecule has 252 valence electrons. The van der Waals surface area contributed by atoms with Crippen LogP contribution in [0.4, 0.5) is 11.4 Å². The van der Waals surface area contributed by atoms with E-state index in [-0.39, 0.29) is 11.3 Å². The summed E-state index contributed by atoms with van der Waals surface area (Å²) in [6.45, 7) is 12.7. The van der Waals surface area contributed by atoms with Gasteiger partial charge in [0.15, 0.2) is 0 Å². The number of nitrogens with one attached hydrogen (secondary N) is 1. The number of hydrogen-bond donors (Lipinski definition) is 1. The van der Waals surface area contributed by atoms with Gasteiger partial charge in [-0.1, -0.05) is 98.8 Å². The lowest BCUT2D eigenvalue weighted by molar-refractivity contribution is 0.464. The molecular weight excluding hydrogens is 633 g/mol. The fourth-order valence-corrected chi connectivity index (χ4v) is 7.56. The summed E-state index contributed by atoms with van der Waals surface area (Å²) >= 11 is 0. The number of aryl methyl sites for hydroxylation is 1. The van der Waals surface area contributed by atoms with Gasteiger partial charge >= 0.3 is 0 Å². The van der Waals surface area contributed by atoms with E-state index in [0.29, 0.717) is 11.1 Å². The van der Waals surface area contributed by atoms with E-state index < -0.39 is 0 Å². The Kier molecular flexibility index (Phi) is 9.08. The first-order valence-corrected chi connectivity index (χ1v) is 17.6. The van der Waals surface area contributed by atoms with Gasteiger partial charge in [-0.2, -0.15) is 10.5 Å². The molecule has 52 heavy (non-hydrogen) atoms. The Morgan fingerprint density at radius 3 is 2.21 bits per heavy atom. The molecule has 0 bridgehead atoms. The second-order valence-corrected chi connectivity index (χ2v) is 13.6. The molecule has 7 rings (SSSR count). The van der Waals surface area contributed by atoms with Crippen molar-refractivity contribution < 1.29 is 0 Å². The second kappa shape index (κ2) is 13.9. The molecule has 0 aliphatic rings. The number of allylic oxidation sites excluding steroid dienone is 3. The minimum absolute atomic E-state index is 0.215. The molecule has 0 saturated carbocycles. The van der Waals surface area contributed by atoms with E-state index in [9.17, 15) is 10.5 Å². The van der Waals surface area contributed by atoms with Crippen LogP contribution in [0.3, 0.4) is 0 Å². The molecule has 0 amide bonds. The Morgan fingerprint density at radius 2 is 1.46 bits per heavy atom. The minimum Gasteiger partial charge on any atom is -0.355 e. The van der Waals surface area contributed by atoms with Crippen molar-refractivity contribution in [2.24, 2.45) is 5.92 Å². The van der Waals surface area contributed by atoms with Crippen molar-refractivity contribution in [2.75, 3.05) is 5.32 Å². The lowest BCUT2D eigenvalue weighted by atomic mass is 9.71. The van der Waals surface area contributed by atoms with Crippen LogP contribution in [0.15, 0.2) is 152 Å². The number of fused-ring (bicyclic) bond motifs is 3. The van der Waals surface area contributed by atoms with Gasteiger partial charge in [0.25, 0.3) is 0 Å². The van der Waals surface area contributed by atoms with E-state index >= 15 is 0 Å². The van der Waals surface area contributed by atoms with Crippen LogP contribution in [0.25, 0.3) is 49.7 Å². The summed E-state index contributed by atoms with van der Waals surface area (Å²) in [6.07, 6.45) is 6.39. The van der Waals surface area contributed by atoms with Crippen molar-refractivity contribution in [1.29, 1.82) is 10.5 Å². The molecule has 1 aromatic heterocycles. The van der Waals surface area contributed by atoms with Crippen LogP contribution in [-0.2, 0) is 5.41 Å². The summed E-state index contributed by atoms with van der Waals surface area (Å²) in [4.78, 5) is 0. The highest BCUT2D eigenvalue weighted by Crippen LogP contribution is 2.41. The highest BCUT2D eigenvalue weighted by atomic mass is 15.0. The molecule has 2 unspecified atom stereocenters. The monoisotopic (exact) mass is 672 g/mol. The predicted molar refractivity (Wildman–Crippen MR) is 217 cm³/mol. The van der Waals surface area contributed by atoms with Crippen LogP contribution in [0.1, 0.15) is 43.0 Å². The first kappa shape index (κ1) is 33.9. The van der Waals surface area contributed by atoms with Gasteiger partial charge in [-0.3, -0.25) is 0 Å². The molecule has 0 saturated heterocycles. The topological polar surface area (TPSA) is 64.5 Å². The molecule has 1 heterocycles. The maximum Gasteiger partial charge on any atom is 0.0998 e. The third kappa shape index (κ3) is 5.85. The molecule has 0 fully saturated rings. The van der Waals surface area contributed by atoms with Gasteiger partial charge in [-0.25, -0.2) is 0 Å². The average Bonchev–Trinajstić information content (AvgIpc) is 3.51. The fraction of sp³-hybridized carbons (Fsp3) is 0.125. The van der Waals surface area contributed by atoms with Gasteiger partial charge in [0.05, 0.1) is 40.0 Å². The van der Waals surface area contributed by atoms with Crippen LogP contribution in [0.5, 0.6) is 0 Å². The average molecular weight is 673 g/mol. The number of benzene rings is 6. The Hall–Kier alpha value is -6.62. The Bertz CT molecular complexity index is 2590. The molecule has 2 atom stereocenters. The van der Waals surface area contributed by atoms with E-state index in [1.807, 2.05) is 54.6 Å². The number of nitriles is 2. The van der Waals surface area contributed by atoms with Gasteiger partial charge in [0.1, 0.15) is 0 Å². The highest BCUT2D eigenvalue weighted by Gasteiger charge is 2.30. The quantitative estimate of drug-likeness (QED) is 0.155.